The number of carbonyl (C=O) groups excluding carboxylic acids is 2. The molecule has 1 amide bonds. The third-order valence-electron chi connectivity index (χ3n) is 6.73. The first kappa shape index (κ1) is 27.4. The maximum atomic E-state index is 14.5. The minimum atomic E-state index is -5.15. The van der Waals surface area contributed by atoms with Gasteiger partial charge in [-0.1, -0.05) is 48.9 Å². The average Bonchev–Trinajstić information content (AvgIpc) is 2.88. The van der Waals surface area contributed by atoms with E-state index in [1.807, 2.05) is 0 Å². The van der Waals surface area contributed by atoms with Crippen LogP contribution in [0.4, 0.5) is 23.2 Å². The van der Waals surface area contributed by atoms with E-state index in [-0.39, 0.29) is 45.3 Å². The SMILES string of the molecule is COC(=O)c1c(F)cccc1-c1ccc(C(C)C(O)(c2ccc3c(c2)N(C)C(=O)CO3)C(F)(F)F)c(Cl)c1. The number of likely N-dealkylation sites (N-methyl/N-ethyl adjacent to an activating group) is 1. The number of hydrogen-bond acceptors (Lipinski definition) is 5. The Morgan fingerprint density at radius 3 is 2.50 bits per heavy atom. The number of halogens is 5. The van der Waals surface area contributed by atoms with E-state index in [1.165, 1.54) is 50.4 Å². The Kier molecular flexibility index (Phi) is 7.15. The Balaban J connectivity index is 1.81. The van der Waals surface area contributed by atoms with Crippen LogP contribution in [0.15, 0.2) is 54.6 Å². The van der Waals surface area contributed by atoms with Crippen molar-refractivity contribution in [3.05, 3.63) is 82.1 Å². The number of esters is 1. The molecule has 0 fully saturated rings. The summed E-state index contributed by atoms with van der Waals surface area (Å²) in [4.78, 5) is 25.3. The number of alkyl halides is 3. The van der Waals surface area contributed by atoms with E-state index in [2.05, 4.69) is 4.74 Å². The zero-order valence-corrected chi connectivity index (χ0v) is 21.2. The molecule has 3 aromatic carbocycles. The molecule has 1 N–H and O–H groups in total. The van der Waals surface area contributed by atoms with Gasteiger partial charge in [-0.25, -0.2) is 9.18 Å². The summed E-state index contributed by atoms with van der Waals surface area (Å²) < 4.78 is 67.9. The fourth-order valence-electron chi connectivity index (χ4n) is 4.51. The minimum Gasteiger partial charge on any atom is -0.482 e. The van der Waals surface area contributed by atoms with E-state index >= 15 is 0 Å². The van der Waals surface area contributed by atoms with Crippen LogP contribution in [0.2, 0.25) is 5.02 Å². The van der Waals surface area contributed by atoms with Gasteiger partial charge in [0.1, 0.15) is 17.1 Å². The van der Waals surface area contributed by atoms with Crippen LogP contribution in [0.25, 0.3) is 11.1 Å². The molecule has 11 heteroatoms. The highest BCUT2D eigenvalue weighted by molar-refractivity contribution is 6.31. The van der Waals surface area contributed by atoms with Crippen LogP contribution in [-0.2, 0) is 15.1 Å². The van der Waals surface area contributed by atoms with E-state index in [0.717, 1.165) is 30.2 Å². The molecule has 38 heavy (non-hydrogen) atoms. The van der Waals surface area contributed by atoms with Crippen molar-refractivity contribution in [1.29, 1.82) is 0 Å². The van der Waals surface area contributed by atoms with E-state index in [0.29, 0.717) is 0 Å². The molecule has 0 aliphatic carbocycles. The fraction of sp³-hybridized carbons (Fsp3) is 0.259. The summed E-state index contributed by atoms with van der Waals surface area (Å²) in [5, 5.41) is 11.1. The number of methoxy groups -OCH3 is 1. The fourth-order valence-corrected chi connectivity index (χ4v) is 4.86. The molecule has 6 nitrogen and oxygen atoms in total. The van der Waals surface area contributed by atoms with Crippen LogP contribution in [0.1, 0.15) is 34.3 Å². The predicted molar refractivity (Wildman–Crippen MR) is 132 cm³/mol. The quantitative estimate of drug-likeness (QED) is 0.318. The monoisotopic (exact) mass is 551 g/mol. The first-order chi connectivity index (χ1) is 17.8. The molecular weight excluding hydrogens is 530 g/mol. The molecule has 0 saturated heterocycles. The van der Waals surface area contributed by atoms with Gasteiger partial charge in [0.15, 0.2) is 12.2 Å². The minimum absolute atomic E-state index is 0.0512. The van der Waals surface area contributed by atoms with Crippen molar-refractivity contribution in [2.24, 2.45) is 0 Å². The van der Waals surface area contributed by atoms with Gasteiger partial charge in [-0.3, -0.25) is 4.79 Å². The first-order valence-corrected chi connectivity index (χ1v) is 11.7. The Morgan fingerprint density at radius 2 is 1.87 bits per heavy atom. The van der Waals surface area contributed by atoms with Crippen LogP contribution in [0.3, 0.4) is 0 Å². The standard InChI is InChI=1S/C27H22ClF4NO5/c1-14(17-9-7-15(11-19(17)28)18-5-4-6-20(29)24(18)25(35)37-3)26(36,27(30,31)32)16-8-10-22-21(12-16)33(2)23(34)13-38-22/h4-12,14,36H,13H2,1-3H3. The molecule has 0 saturated carbocycles. The average molecular weight is 552 g/mol. The molecule has 4 rings (SSSR count). The van der Waals surface area contributed by atoms with Crippen molar-refractivity contribution < 1.29 is 41.7 Å². The number of anilines is 1. The second-order valence-corrected chi connectivity index (χ2v) is 9.21. The van der Waals surface area contributed by atoms with Crippen LogP contribution >= 0.6 is 11.6 Å². The molecule has 2 unspecified atom stereocenters. The smallest absolute Gasteiger partial charge is 0.422 e. The predicted octanol–water partition coefficient (Wildman–Crippen LogP) is 5.84. The Labute approximate surface area is 220 Å². The number of rotatable bonds is 5. The number of carbonyl (C=O) groups is 2. The van der Waals surface area contributed by atoms with Gasteiger partial charge in [-0.05, 0) is 46.5 Å². The summed E-state index contributed by atoms with van der Waals surface area (Å²) in [6.07, 6.45) is -5.15. The first-order valence-electron chi connectivity index (χ1n) is 11.3. The van der Waals surface area contributed by atoms with Crippen molar-refractivity contribution in [3.63, 3.8) is 0 Å². The van der Waals surface area contributed by atoms with E-state index < -0.39 is 41.0 Å². The third-order valence-corrected chi connectivity index (χ3v) is 7.05. The molecule has 0 spiro atoms. The van der Waals surface area contributed by atoms with Gasteiger partial charge in [0.05, 0.1) is 12.8 Å². The van der Waals surface area contributed by atoms with Crippen LogP contribution in [0.5, 0.6) is 5.75 Å². The van der Waals surface area contributed by atoms with Gasteiger partial charge in [0.2, 0.25) is 0 Å². The Morgan fingerprint density at radius 1 is 1.16 bits per heavy atom. The number of aliphatic hydroxyl groups is 1. The maximum absolute atomic E-state index is 14.5. The largest absolute Gasteiger partial charge is 0.482 e. The summed E-state index contributed by atoms with van der Waals surface area (Å²) in [6, 6.07) is 11.3. The Hall–Kier alpha value is -3.63. The van der Waals surface area contributed by atoms with E-state index in [1.54, 1.807) is 0 Å². The number of amides is 1. The number of ether oxygens (including phenoxy) is 2. The van der Waals surface area contributed by atoms with Gasteiger partial charge < -0.3 is 19.5 Å². The van der Waals surface area contributed by atoms with Gasteiger partial charge in [-0.15, -0.1) is 0 Å². The number of fused-ring (bicyclic) bond motifs is 1. The molecule has 0 aromatic heterocycles. The summed E-state index contributed by atoms with van der Waals surface area (Å²) in [7, 11) is 2.49. The van der Waals surface area contributed by atoms with Crippen molar-refractivity contribution in [1.82, 2.24) is 0 Å². The topological polar surface area (TPSA) is 76.1 Å². The Bertz CT molecular complexity index is 1430. The van der Waals surface area contributed by atoms with Crippen molar-refractivity contribution in [3.8, 4) is 16.9 Å². The lowest BCUT2D eigenvalue weighted by Crippen LogP contribution is -2.47. The summed E-state index contributed by atoms with van der Waals surface area (Å²) in [6.45, 7) is 0.912. The molecule has 0 radical (unpaired) electrons. The molecule has 1 aliphatic heterocycles. The summed E-state index contributed by atoms with van der Waals surface area (Å²) in [5.41, 5.74) is -3.86. The number of hydrogen-bond donors (Lipinski definition) is 1. The number of nitrogens with zero attached hydrogens (tertiary/aromatic N) is 1. The van der Waals surface area contributed by atoms with E-state index in [4.69, 9.17) is 16.3 Å². The molecular formula is C27H22ClF4NO5. The van der Waals surface area contributed by atoms with Crippen LogP contribution in [0, 0.1) is 5.82 Å². The third kappa shape index (κ3) is 4.48. The molecule has 0 bridgehead atoms. The summed E-state index contributed by atoms with van der Waals surface area (Å²) >= 11 is 6.42. The highest BCUT2D eigenvalue weighted by Gasteiger charge is 2.59. The zero-order valence-electron chi connectivity index (χ0n) is 20.4. The summed E-state index contributed by atoms with van der Waals surface area (Å²) in [5.74, 6) is -3.65. The maximum Gasteiger partial charge on any atom is 0.422 e. The van der Waals surface area contributed by atoms with Crippen LogP contribution in [-0.4, -0.2) is 43.9 Å². The van der Waals surface area contributed by atoms with Gasteiger partial charge in [0.25, 0.3) is 5.91 Å². The number of benzene rings is 3. The van der Waals surface area contributed by atoms with E-state index in [9.17, 15) is 32.3 Å². The van der Waals surface area contributed by atoms with Crippen LogP contribution < -0.4 is 9.64 Å². The highest BCUT2D eigenvalue weighted by Crippen LogP contribution is 2.51. The normalized spacial score (nSPS) is 15.8. The van der Waals surface area contributed by atoms with Crippen molar-refractivity contribution in [2.75, 3.05) is 25.7 Å². The van der Waals surface area contributed by atoms with Crippen molar-refractivity contribution >= 4 is 29.2 Å². The van der Waals surface area contributed by atoms with Gasteiger partial charge >= 0.3 is 12.1 Å². The zero-order chi connectivity index (χ0) is 28.0. The second-order valence-electron chi connectivity index (χ2n) is 8.80. The lowest BCUT2D eigenvalue weighted by molar-refractivity contribution is -0.274. The molecule has 3 aromatic rings. The molecule has 1 aliphatic rings. The second kappa shape index (κ2) is 9.92. The van der Waals surface area contributed by atoms with Gasteiger partial charge in [-0.2, -0.15) is 13.2 Å². The molecule has 2 atom stereocenters. The highest BCUT2D eigenvalue weighted by atomic mass is 35.5. The molecule has 1 heterocycles. The molecule has 200 valence electrons. The van der Waals surface area contributed by atoms with Gasteiger partial charge in [0, 0.05) is 18.0 Å². The van der Waals surface area contributed by atoms with Crippen molar-refractivity contribution in [2.45, 2.75) is 24.6 Å². The lowest BCUT2D eigenvalue weighted by Gasteiger charge is -2.38. The lowest BCUT2D eigenvalue weighted by atomic mass is 9.77.